The molecule has 3 nitrogen and oxygen atoms in total. The third kappa shape index (κ3) is 1.09. The van der Waals surface area contributed by atoms with Gasteiger partial charge < -0.3 is 14.6 Å². The van der Waals surface area contributed by atoms with Crippen molar-refractivity contribution in [2.24, 2.45) is 0 Å². The number of hydrogen-bond acceptors (Lipinski definition) is 3. The quantitative estimate of drug-likeness (QED) is 0.539. The SMILES string of the molecule is CCCCC(O)C12C=CC3OC3C1O2. The number of unbranched alkanes of at least 4 members (excludes halogenated alkanes) is 1. The molecule has 2 fully saturated rings. The van der Waals surface area contributed by atoms with E-state index in [1.54, 1.807) is 0 Å². The number of aliphatic hydroxyl groups is 1. The average Bonchev–Trinajstić information content (AvgIpc) is 3.00. The number of rotatable bonds is 4. The second-order valence-electron chi connectivity index (χ2n) is 4.47. The lowest BCUT2D eigenvalue weighted by Crippen LogP contribution is -2.33. The Labute approximate surface area is 83.7 Å². The highest BCUT2D eigenvalue weighted by molar-refractivity contribution is 5.32. The number of ether oxygens (including phenoxy) is 2. The van der Waals surface area contributed by atoms with E-state index in [9.17, 15) is 5.11 Å². The van der Waals surface area contributed by atoms with Crippen molar-refractivity contribution in [3.63, 3.8) is 0 Å². The molecule has 0 spiro atoms. The van der Waals surface area contributed by atoms with Gasteiger partial charge in [0.1, 0.15) is 23.9 Å². The van der Waals surface area contributed by atoms with Crippen LogP contribution >= 0.6 is 0 Å². The van der Waals surface area contributed by atoms with Gasteiger partial charge in [-0.2, -0.15) is 0 Å². The van der Waals surface area contributed by atoms with Gasteiger partial charge in [0.2, 0.25) is 0 Å². The molecule has 0 aromatic carbocycles. The van der Waals surface area contributed by atoms with Gasteiger partial charge in [-0.05, 0) is 12.5 Å². The van der Waals surface area contributed by atoms with Crippen molar-refractivity contribution >= 4 is 0 Å². The first-order valence-corrected chi connectivity index (χ1v) is 5.48. The Kier molecular flexibility index (Phi) is 1.79. The number of hydrogen-bond donors (Lipinski definition) is 1. The molecule has 0 aromatic heterocycles. The maximum absolute atomic E-state index is 10.0. The van der Waals surface area contributed by atoms with Crippen LogP contribution in [0.1, 0.15) is 26.2 Å². The van der Waals surface area contributed by atoms with Gasteiger partial charge in [-0.25, -0.2) is 0 Å². The molecule has 5 atom stereocenters. The summed E-state index contributed by atoms with van der Waals surface area (Å²) < 4.78 is 11.0. The standard InChI is InChI=1S/C11H16O3/c1-2-3-4-8(12)11-6-5-7-9(13-7)10(11)14-11/h5-10,12H,2-4H2,1H3. The normalized spacial score (nSPS) is 49.4. The van der Waals surface area contributed by atoms with E-state index in [1.165, 1.54) is 0 Å². The Morgan fingerprint density at radius 1 is 1.57 bits per heavy atom. The molecule has 0 bridgehead atoms. The second kappa shape index (κ2) is 2.81. The first kappa shape index (κ1) is 8.89. The molecule has 5 unspecified atom stereocenters. The maximum atomic E-state index is 10.0. The van der Waals surface area contributed by atoms with Crippen LogP contribution in [0.25, 0.3) is 0 Å². The van der Waals surface area contributed by atoms with Crippen LogP contribution in [0.5, 0.6) is 0 Å². The smallest absolute Gasteiger partial charge is 0.141 e. The van der Waals surface area contributed by atoms with Crippen molar-refractivity contribution in [1.29, 1.82) is 0 Å². The summed E-state index contributed by atoms with van der Waals surface area (Å²) >= 11 is 0. The summed E-state index contributed by atoms with van der Waals surface area (Å²) in [6.07, 6.45) is 7.32. The molecule has 0 radical (unpaired) electrons. The summed E-state index contributed by atoms with van der Waals surface area (Å²) in [5, 5.41) is 10.0. The van der Waals surface area contributed by atoms with E-state index in [0.29, 0.717) is 0 Å². The molecule has 0 aromatic rings. The van der Waals surface area contributed by atoms with E-state index in [4.69, 9.17) is 9.47 Å². The third-order valence-electron chi connectivity index (χ3n) is 3.48. The van der Waals surface area contributed by atoms with Gasteiger partial charge in [-0.3, -0.25) is 0 Å². The van der Waals surface area contributed by atoms with Crippen LogP contribution < -0.4 is 0 Å². The molecule has 3 rings (SSSR count). The summed E-state index contributed by atoms with van der Waals surface area (Å²) in [7, 11) is 0. The lowest BCUT2D eigenvalue weighted by atomic mass is 9.88. The van der Waals surface area contributed by atoms with Gasteiger partial charge in [0.05, 0.1) is 6.10 Å². The van der Waals surface area contributed by atoms with E-state index >= 15 is 0 Å². The van der Waals surface area contributed by atoms with Crippen molar-refractivity contribution < 1.29 is 14.6 Å². The minimum Gasteiger partial charge on any atom is -0.390 e. The molecule has 2 heterocycles. The van der Waals surface area contributed by atoms with Crippen molar-refractivity contribution in [1.82, 2.24) is 0 Å². The van der Waals surface area contributed by atoms with Crippen molar-refractivity contribution in [2.45, 2.75) is 56.2 Å². The van der Waals surface area contributed by atoms with Gasteiger partial charge in [-0.15, -0.1) is 0 Å². The Morgan fingerprint density at radius 3 is 3.21 bits per heavy atom. The Morgan fingerprint density at radius 2 is 2.43 bits per heavy atom. The lowest BCUT2D eigenvalue weighted by Gasteiger charge is -2.17. The zero-order valence-corrected chi connectivity index (χ0v) is 8.35. The van der Waals surface area contributed by atoms with Gasteiger partial charge >= 0.3 is 0 Å². The summed E-state index contributed by atoms with van der Waals surface area (Å²) in [6.45, 7) is 2.13. The highest BCUT2D eigenvalue weighted by Gasteiger charge is 2.70. The molecular formula is C11H16O3. The highest BCUT2D eigenvalue weighted by Crippen LogP contribution is 2.54. The fraction of sp³-hybridized carbons (Fsp3) is 0.818. The van der Waals surface area contributed by atoms with Gasteiger partial charge in [0.15, 0.2) is 0 Å². The zero-order valence-electron chi connectivity index (χ0n) is 8.35. The highest BCUT2D eigenvalue weighted by atomic mass is 16.7. The predicted molar refractivity (Wildman–Crippen MR) is 50.9 cm³/mol. The topological polar surface area (TPSA) is 45.3 Å². The number of aliphatic hydroxyl groups excluding tert-OH is 1. The third-order valence-corrected chi connectivity index (χ3v) is 3.48. The van der Waals surface area contributed by atoms with Crippen LogP contribution in [0.15, 0.2) is 12.2 Å². The van der Waals surface area contributed by atoms with E-state index in [1.807, 2.05) is 12.2 Å². The Balaban J connectivity index is 1.67. The predicted octanol–water partition coefficient (Wildman–Crippen LogP) is 1.01. The van der Waals surface area contributed by atoms with Crippen LogP contribution in [0, 0.1) is 0 Å². The van der Waals surface area contributed by atoms with Gasteiger partial charge in [0, 0.05) is 0 Å². The maximum Gasteiger partial charge on any atom is 0.141 e. The molecule has 3 heteroatoms. The van der Waals surface area contributed by atoms with E-state index < -0.39 is 0 Å². The second-order valence-corrected chi connectivity index (χ2v) is 4.47. The van der Waals surface area contributed by atoms with Crippen LogP contribution in [-0.4, -0.2) is 35.1 Å². The summed E-state index contributed by atoms with van der Waals surface area (Å²) in [5.41, 5.74) is -0.382. The van der Waals surface area contributed by atoms with Gasteiger partial charge in [-0.1, -0.05) is 25.8 Å². The molecule has 2 aliphatic heterocycles. The van der Waals surface area contributed by atoms with Crippen molar-refractivity contribution in [3.8, 4) is 0 Å². The monoisotopic (exact) mass is 196 g/mol. The fourth-order valence-electron chi connectivity index (χ4n) is 2.43. The minimum atomic E-state index is -0.382. The minimum absolute atomic E-state index is 0.129. The number of epoxide rings is 2. The summed E-state index contributed by atoms with van der Waals surface area (Å²) in [5.74, 6) is 0. The first-order valence-electron chi connectivity index (χ1n) is 5.48. The first-order chi connectivity index (χ1) is 6.78. The zero-order chi connectivity index (χ0) is 9.76. The van der Waals surface area contributed by atoms with Crippen molar-refractivity contribution in [3.05, 3.63) is 12.2 Å². The summed E-state index contributed by atoms with van der Waals surface area (Å²) in [6, 6.07) is 0. The van der Waals surface area contributed by atoms with Crippen LogP contribution in [0.3, 0.4) is 0 Å². The fourth-order valence-corrected chi connectivity index (χ4v) is 2.43. The molecule has 1 N–H and O–H groups in total. The molecule has 0 amide bonds. The van der Waals surface area contributed by atoms with E-state index in [0.717, 1.165) is 19.3 Å². The Hall–Kier alpha value is -0.380. The molecule has 14 heavy (non-hydrogen) atoms. The molecule has 78 valence electrons. The summed E-state index contributed by atoms with van der Waals surface area (Å²) in [4.78, 5) is 0. The van der Waals surface area contributed by atoms with E-state index in [2.05, 4.69) is 6.92 Å². The lowest BCUT2D eigenvalue weighted by molar-refractivity contribution is 0.0898. The molecule has 2 saturated heterocycles. The van der Waals surface area contributed by atoms with Crippen LogP contribution in [0.2, 0.25) is 0 Å². The van der Waals surface area contributed by atoms with Gasteiger partial charge in [0.25, 0.3) is 0 Å². The molecular weight excluding hydrogens is 180 g/mol. The van der Waals surface area contributed by atoms with Crippen LogP contribution in [-0.2, 0) is 9.47 Å². The largest absolute Gasteiger partial charge is 0.390 e. The molecule has 3 aliphatic rings. The van der Waals surface area contributed by atoms with E-state index in [-0.39, 0.29) is 30.0 Å². The average molecular weight is 196 g/mol. The van der Waals surface area contributed by atoms with Crippen molar-refractivity contribution in [2.75, 3.05) is 0 Å². The molecule has 0 saturated carbocycles. The Bertz CT molecular complexity index is 276. The molecule has 1 aliphatic carbocycles. The number of fused-ring (bicyclic) bond motifs is 3. The van der Waals surface area contributed by atoms with Crippen LogP contribution in [0.4, 0.5) is 0 Å².